The Morgan fingerprint density at radius 1 is 1.21 bits per heavy atom. The van der Waals surface area contributed by atoms with Gasteiger partial charge in [-0.25, -0.2) is 0 Å². The minimum absolute atomic E-state index is 0.352. The average molecular weight is 403 g/mol. The predicted octanol–water partition coefficient (Wildman–Crippen LogP) is 5.47. The molecule has 1 heterocycles. The molecule has 0 spiro atoms. The number of benzene rings is 1. The van der Waals surface area contributed by atoms with Gasteiger partial charge in [-0.15, -0.1) is 11.3 Å². The topological polar surface area (TPSA) is 12.0 Å². The quantitative estimate of drug-likeness (QED) is 0.698. The highest BCUT2D eigenvalue weighted by molar-refractivity contribution is 9.11. The average Bonchev–Trinajstić information content (AvgIpc) is 2.78. The lowest BCUT2D eigenvalue weighted by Gasteiger charge is -2.20. The van der Waals surface area contributed by atoms with E-state index in [-0.39, 0.29) is 0 Å². The Morgan fingerprint density at radius 3 is 2.63 bits per heavy atom. The maximum atomic E-state index is 3.72. The number of aryl methyl sites for hydroxylation is 1. The molecular formula is C15H17Br2NS. The lowest BCUT2D eigenvalue weighted by molar-refractivity contribution is 0.551. The third kappa shape index (κ3) is 3.91. The molecule has 0 fully saturated rings. The lowest BCUT2D eigenvalue weighted by atomic mass is 10.0. The number of likely N-dealkylation sites (N-methyl/N-ethyl adjacent to an activating group) is 1. The fourth-order valence-corrected chi connectivity index (χ4v) is 4.21. The summed E-state index contributed by atoms with van der Waals surface area (Å²) in [5.74, 6) is 0. The molecule has 0 saturated carbocycles. The lowest BCUT2D eigenvalue weighted by Crippen LogP contribution is -2.23. The molecule has 0 aliphatic heterocycles. The Kier molecular flexibility index (Phi) is 5.63. The zero-order valence-electron chi connectivity index (χ0n) is 11.0. The first-order chi connectivity index (χ1) is 9.11. The summed E-state index contributed by atoms with van der Waals surface area (Å²) in [6.07, 6.45) is 1.02. The molecule has 4 heteroatoms. The molecule has 102 valence electrons. The van der Waals surface area contributed by atoms with Crippen molar-refractivity contribution in [3.8, 4) is 0 Å². The normalized spacial score (nSPS) is 12.6. The van der Waals surface area contributed by atoms with Crippen molar-refractivity contribution in [3.63, 3.8) is 0 Å². The smallest absolute Gasteiger partial charge is 0.0701 e. The van der Waals surface area contributed by atoms with Crippen molar-refractivity contribution < 1.29 is 0 Å². The maximum Gasteiger partial charge on any atom is 0.0701 e. The van der Waals surface area contributed by atoms with E-state index in [9.17, 15) is 0 Å². The van der Waals surface area contributed by atoms with E-state index in [0.29, 0.717) is 6.04 Å². The van der Waals surface area contributed by atoms with Gasteiger partial charge in [0.15, 0.2) is 0 Å². The molecule has 0 aliphatic carbocycles. The van der Waals surface area contributed by atoms with Crippen LogP contribution in [-0.2, 0) is 6.42 Å². The maximum absolute atomic E-state index is 3.72. The summed E-state index contributed by atoms with van der Waals surface area (Å²) in [6.45, 7) is 5.26. The van der Waals surface area contributed by atoms with Crippen LogP contribution in [0, 0.1) is 6.92 Å². The van der Waals surface area contributed by atoms with E-state index in [1.165, 1.54) is 24.3 Å². The van der Waals surface area contributed by atoms with E-state index in [1.54, 1.807) is 0 Å². The summed E-state index contributed by atoms with van der Waals surface area (Å²) in [5.41, 5.74) is 2.62. The molecule has 1 aromatic carbocycles. The second kappa shape index (κ2) is 7.02. The van der Waals surface area contributed by atoms with Crippen molar-refractivity contribution in [1.29, 1.82) is 0 Å². The molecule has 1 atom stereocenters. The number of nitrogens with one attached hydrogen (secondary N) is 1. The minimum atomic E-state index is 0.352. The molecule has 2 rings (SSSR count). The van der Waals surface area contributed by atoms with Gasteiger partial charge in [-0.1, -0.05) is 41.1 Å². The van der Waals surface area contributed by atoms with Gasteiger partial charge in [0, 0.05) is 21.8 Å². The number of hydrogen-bond donors (Lipinski definition) is 1. The summed E-state index contributed by atoms with van der Waals surface area (Å²) in [7, 11) is 0. The van der Waals surface area contributed by atoms with Gasteiger partial charge in [0.1, 0.15) is 0 Å². The van der Waals surface area contributed by atoms with Crippen LogP contribution in [0.4, 0.5) is 0 Å². The third-order valence-electron chi connectivity index (χ3n) is 3.08. The van der Waals surface area contributed by atoms with E-state index in [2.05, 4.69) is 81.4 Å². The zero-order chi connectivity index (χ0) is 13.8. The second-order valence-corrected chi connectivity index (χ2v) is 7.84. The Hall–Kier alpha value is -0.160. The van der Waals surface area contributed by atoms with E-state index < -0.39 is 0 Å². The van der Waals surface area contributed by atoms with Gasteiger partial charge in [-0.3, -0.25) is 0 Å². The first-order valence-corrected chi connectivity index (χ1v) is 8.74. The van der Waals surface area contributed by atoms with Crippen molar-refractivity contribution in [3.05, 3.63) is 54.6 Å². The molecule has 1 N–H and O–H groups in total. The zero-order valence-corrected chi connectivity index (χ0v) is 15.0. The van der Waals surface area contributed by atoms with Crippen molar-refractivity contribution in [2.75, 3.05) is 6.54 Å². The van der Waals surface area contributed by atoms with E-state index in [1.807, 2.05) is 11.3 Å². The first-order valence-electron chi connectivity index (χ1n) is 6.34. The van der Waals surface area contributed by atoms with Crippen LogP contribution >= 0.6 is 43.2 Å². The molecular weight excluding hydrogens is 386 g/mol. The largest absolute Gasteiger partial charge is 0.310 e. The Bertz CT molecular complexity index is 551. The molecule has 0 aliphatic rings. The van der Waals surface area contributed by atoms with Crippen LogP contribution in [0.15, 0.2) is 38.6 Å². The van der Waals surface area contributed by atoms with E-state index in [0.717, 1.165) is 13.0 Å². The van der Waals surface area contributed by atoms with Crippen LogP contribution in [0.2, 0.25) is 0 Å². The van der Waals surface area contributed by atoms with Crippen LogP contribution in [0.5, 0.6) is 0 Å². The van der Waals surface area contributed by atoms with Crippen molar-refractivity contribution >= 4 is 43.2 Å². The van der Waals surface area contributed by atoms with Crippen LogP contribution < -0.4 is 5.32 Å². The molecule has 0 amide bonds. The van der Waals surface area contributed by atoms with Gasteiger partial charge in [0.05, 0.1) is 3.79 Å². The van der Waals surface area contributed by atoms with Crippen molar-refractivity contribution in [2.24, 2.45) is 0 Å². The van der Waals surface area contributed by atoms with Crippen molar-refractivity contribution in [1.82, 2.24) is 5.32 Å². The second-order valence-electron chi connectivity index (χ2n) is 4.50. The molecule has 0 radical (unpaired) electrons. The first kappa shape index (κ1) is 15.2. The van der Waals surface area contributed by atoms with Crippen LogP contribution in [-0.4, -0.2) is 6.54 Å². The Balaban J connectivity index is 2.26. The molecule has 0 bridgehead atoms. The van der Waals surface area contributed by atoms with Gasteiger partial charge >= 0.3 is 0 Å². The number of thiophene rings is 1. The summed E-state index contributed by atoms with van der Waals surface area (Å²) >= 11 is 9.06. The van der Waals surface area contributed by atoms with Crippen LogP contribution in [0.3, 0.4) is 0 Å². The predicted molar refractivity (Wildman–Crippen MR) is 91.0 cm³/mol. The standard InChI is InChI=1S/C15H17Br2NS/c1-3-18-13(9-11-7-8-14(16)19-11)12-6-4-5-10(2)15(12)17/h4-8,13,18H,3,9H2,1-2H3. The molecule has 1 aromatic heterocycles. The molecule has 2 aromatic rings. The molecule has 1 unspecified atom stereocenters. The Labute approximate surface area is 135 Å². The number of rotatable bonds is 5. The van der Waals surface area contributed by atoms with Gasteiger partial charge in [-0.2, -0.15) is 0 Å². The summed E-state index contributed by atoms with van der Waals surface area (Å²) in [4.78, 5) is 1.39. The highest BCUT2D eigenvalue weighted by Crippen LogP contribution is 2.31. The monoisotopic (exact) mass is 401 g/mol. The SMILES string of the molecule is CCNC(Cc1ccc(Br)s1)c1cccc(C)c1Br. The molecule has 19 heavy (non-hydrogen) atoms. The minimum Gasteiger partial charge on any atom is -0.310 e. The van der Waals surface area contributed by atoms with E-state index in [4.69, 9.17) is 0 Å². The summed E-state index contributed by atoms with van der Waals surface area (Å²) < 4.78 is 2.41. The molecule has 1 nitrogen and oxygen atoms in total. The fraction of sp³-hybridized carbons (Fsp3) is 0.333. The van der Waals surface area contributed by atoms with Crippen LogP contribution in [0.25, 0.3) is 0 Å². The van der Waals surface area contributed by atoms with Gasteiger partial charge < -0.3 is 5.32 Å². The van der Waals surface area contributed by atoms with Gasteiger partial charge in [-0.05, 0) is 52.7 Å². The number of hydrogen-bond acceptors (Lipinski definition) is 2. The third-order valence-corrected chi connectivity index (χ3v) is 5.81. The summed E-state index contributed by atoms with van der Waals surface area (Å²) in [5, 5.41) is 3.59. The highest BCUT2D eigenvalue weighted by atomic mass is 79.9. The summed E-state index contributed by atoms with van der Waals surface area (Å²) in [6, 6.07) is 11.1. The van der Waals surface area contributed by atoms with Gasteiger partial charge in [0.2, 0.25) is 0 Å². The van der Waals surface area contributed by atoms with Gasteiger partial charge in [0.25, 0.3) is 0 Å². The van der Waals surface area contributed by atoms with E-state index >= 15 is 0 Å². The van der Waals surface area contributed by atoms with Crippen LogP contribution in [0.1, 0.15) is 29.0 Å². The number of halogens is 2. The van der Waals surface area contributed by atoms with Crippen molar-refractivity contribution in [2.45, 2.75) is 26.3 Å². The molecule has 0 saturated heterocycles. The Morgan fingerprint density at radius 2 is 2.00 bits per heavy atom. The fourth-order valence-electron chi connectivity index (χ4n) is 2.14. The highest BCUT2D eigenvalue weighted by Gasteiger charge is 2.16.